The second kappa shape index (κ2) is 28.8. The first-order valence-electron chi connectivity index (χ1n) is 33.5. The number of morpholine rings is 1. The van der Waals surface area contributed by atoms with Gasteiger partial charge in [-0.2, -0.15) is 0 Å². The van der Waals surface area contributed by atoms with Gasteiger partial charge < -0.3 is 44.4 Å². The normalized spacial score (nSPS) is 22.4. The predicted octanol–water partition coefficient (Wildman–Crippen LogP) is 10.0. The van der Waals surface area contributed by atoms with Crippen LogP contribution < -0.4 is 15.5 Å². The molecule has 5 aliphatic rings. The lowest BCUT2D eigenvalue weighted by molar-refractivity contribution is -0.149. The molecule has 1 aliphatic carbocycles. The number of ether oxygens (including phenoxy) is 3. The number of benzene rings is 4. The first-order valence-corrected chi connectivity index (χ1v) is 33.5. The summed E-state index contributed by atoms with van der Waals surface area (Å²) in [5, 5.41) is 5.84. The topological polar surface area (TPSA) is 208 Å². The molecule has 2 N–H and O–H groups in total. The highest BCUT2D eigenvalue weighted by Gasteiger charge is 2.49. The minimum atomic E-state index is -1.32. The number of fused-ring (bicyclic) bond motifs is 3. The van der Waals surface area contributed by atoms with E-state index in [1.807, 2.05) is 84.9 Å². The van der Waals surface area contributed by atoms with Gasteiger partial charge in [-0.05, 0) is 176 Å². The molecule has 0 radical (unpaired) electrons. The largest absolute Gasteiger partial charge is 0.444 e. The van der Waals surface area contributed by atoms with E-state index in [1.165, 1.54) is 29.6 Å². The number of carbonyl (C=O) groups is 8. The van der Waals surface area contributed by atoms with Crippen molar-refractivity contribution in [3.63, 3.8) is 0 Å². The third-order valence-electron chi connectivity index (χ3n) is 19.5. The number of hydrogen-bond acceptors (Lipinski definition) is 13. The molecular weight excluding hydrogens is 1200 g/mol. The molecule has 0 bridgehead atoms. The zero-order valence-corrected chi connectivity index (χ0v) is 57.7. The Morgan fingerprint density at radius 1 is 0.798 bits per heavy atom. The lowest BCUT2D eigenvalue weighted by Crippen LogP contribution is -2.64. The van der Waals surface area contributed by atoms with Crippen LogP contribution in [0.5, 0.6) is 0 Å². The minimum absolute atomic E-state index is 0.0118. The van der Waals surface area contributed by atoms with Crippen LogP contribution in [-0.2, 0) is 74.2 Å². The molecule has 4 aromatic rings. The molecule has 9 rings (SSSR count). The molecule has 4 aromatic carbocycles. The van der Waals surface area contributed by atoms with Gasteiger partial charge in [0.05, 0.1) is 43.8 Å². The monoisotopic (exact) mass is 1290 g/mol. The van der Waals surface area contributed by atoms with E-state index in [4.69, 9.17) is 14.2 Å². The average molecular weight is 1300 g/mol. The molecule has 94 heavy (non-hydrogen) atoms. The third-order valence-corrected chi connectivity index (χ3v) is 19.5. The van der Waals surface area contributed by atoms with Crippen LogP contribution in [0.1, 0.15) is 161 Å². The molecule has 4 aliphatic heterocycles. The molecule has 8 atom stereocenters. The summed E-state index contributed by atoms with van der Waals surface area (Å²) in [6.07, 6.45) is 2.33. The van der Waals surface area contributed by atoms with Gasteiger partial charge in [0.25, 0.3) is 0 Å². The number of likely N-dealkylation sites (N-methyl/N-ethyl adjacent to an activating group) is 1. The van der Waals surface area contributed by atoms with E-state index in [1.54, 1.807) is 73.6 Å². The summed E-state index contributed by atoms with van der Waals surface area (Å²) in [6, 6.07) is 23.3. The number of carbonyl (C=O) groups excluding carboxylic acids is 8. The Morgan fingerprint density at radius 2 is 1.50 bits per heavy atom. The molecule has 0 unspecified atom stereocenters. The fourth-order valence-corrected chi connectivity index (χ4v) is 14.0. The molecule has 6 amide bonds. The Bertz CT molecular complexity index is 3480. The van der Waals surface area contributed by atoms with Crippen LogP contribution in [0.2, 0.25) is 0 Å². The standard InChI is InChI=1S/C74H99FN8O11/c1-46-39-80(57(41-79-30-31-92-44-47(79)2)42-81(46)70(91)94-73(10,11)12)43-66(87)83-45-74(13,59-29-24-50(33-61(59)83)32-49-22-26-55(75)27-23-49)68(89)76-38-65(86)77-56-28-25-52-35-62(64(85)36-53-20-17-19-51-18-15-16-21-58(51)53)82(40-54(52)34-56)67(88)60(71(4,5)6)37-63(84)48(3)78(14)69(90)93-72(7,8)9/h15-16,18,21-29,33-34,46-48,53,57,60,62H,17,19-20,30-32,35-45H2,1-14H3,(H,76,89)(H,77,86)/t46-,47-,48+,53+,57+,60-,62+,74-/m1/s1. The first-order chi connectivity index (χ1) is 44.2. The SMILES string of the molecule is C[C@@H]1COCCN1C[C@H]1CN(C(=O)OC(C)(C)C)[C@H](C)CN1CC(=O)N1C[C@@](C)(C(=O)NCC(=O)Nc2ccc3c(c2)CN(C(=O)[C@@H](CC(=O)[C@H](C)N(C)C(=O)OC(C)(C)C)C(C)(C)C)[C@H](C(=O)C[C@@H]2CCCc4ccccc42)C3)c2ccc(Cc3ccc(F)cc3)cc21. The quantitative estimate of drug-likeness (QED) is 0.0952. The lowest BCUT2D eigenvalue weighted by Gasteiger charge is -2.47. The van der Waals surface area contributed by atoms with Crippen molar-refractivity contribution in [3.05, 3.63) is 130 Å². The Hall–Kier alpha value is -7.55. The first kappa shape index (κ1) is 70.8. The third kappa shape index (κ3) is 16.9. The number of anilines is 2. The van der Waals surface area contributed by atoms with Gasteiger partial charge in [0.15, 0.2) is 11.6 Å². The number of amides is 6. The summed E-state index contributed by atoms with van der Waals surface area (Å²) >= 11 is 0. The molecule has 0 aromatic heterocycles. The van der Waals surface area contributed by atoms with Crippen molar-refractivity contribution < 1.29 is 57.0 Å². The van der Waals surface area contributed by atoms with E-state index in [9.17, 15) is 33.2 Å². The van der Waals surface area contributed by atoms with Crippen molar-refractivity contribution in [2.75, 3.05) is 76.3 Å². The highest BCUT2D eigenvalue weighted by molar-refractivity contribution is 6.04. The summed E-state index contributed by atoms with van der Waals surface area (Å²) in [4.78, 5) is 126. The van der Waals surface area contributed by atoms with Crippen molar-refractivity contribution in [2.45, 2.75) is 194 Å². The van der Waals surface area contributed by atoms with E-state index in [0.29, 0.717) is 68.3 Å². The van der Waals surface area contributed by atoms with Crippen molar-refractivity contribution in [1.29, 1.82) is 0 Å². The summed E-state index contributed by atoms with van der Waals surface area (Å²) in [6.45, 7) is 26.5. The van der Waals surface area contributed by atoms with Gasteiger partial charge in [-0.15, -0.1) is 0 Å². The van der Waals surface area contributed by atoms with E-state index in [0.717, 1.165) is 41.5 Å². The van der Waals surface area contributed by atoms with Crippen LogP contribution in [0, 0.1) is 17.2 Å². The lowest BCUT2D eigenvalue weighted by atomic mass is 9.75. The molecule has 20 heteroatoms. The van der Waals surface area contributed by atoms with Crippen molar-refractivity contribution in [1.82, 2.24) is 29.8 Å². The van der Waals surface area contributed by atoms with Crippen LogP contribution in [0.3, 0.4) is 0 Å². The number of piperazine rings is 1. The molecule has 0 spiro atoms. The van der Waals surface area contributed by atoms with Gasteiger partial charge in [-0.1, -0.05) is 75.4 Å². The number of hydrogen-bond donors (Lipinski definition) is 2. The number of nitrogens with zero attached hydrogens (tertiary/aromatic N) is 6. The average Bonchev–Trinajstić information content (AvgIpc) is 1.56. The van der Waals surface area contributed by atoms with Crippen molar-refractivity contribution in [2.24, 2.45) is 11.3 Å². The fourth-order valence-electron chi connectivity index (χ4n) is 14.0. The smallest absolute Gasteiger partial charge is 0.410 e. The van der Waals surface area contributed by atoms with Crippen LogP contribution in [0.25, 0.3) is 0 Å². The van der Waals surface area contributed by atoms with E-state index >= 15 is 9.59 Å². The van der Waals surface area contributed by atoms with Gasteiger partial charge in [0.1, 0.15) is 17.0 Å². The number of halogens is 1. The summed E-state index contributed by atoms with van der Waals surface area (Å²) in [5.41, 5.74) is 3.61. The summed E-state index contributed by atoms with van der Waals surface area (Å²) < 4.78 is 31.2. The van der Waals surface area contributed by atoms with Crippen molar-refractivity contribution in [3.8, 4) is 0 Å². The zero-order chi connectivity index (χ0) is 68.4. The second-order valence-corrected chi connectivity index (χ2v) is 30.2. The van der Waals surface area contributed by atoms with E-state index in [2.05, 4.69) is 39.5 Å². The number of Topliss-reactive ketones (excluding diaryl/α,β-unsaturated/α-hetero) is 2. The summed E-state index contributed by atoms with van der Waals surface area (Å²) in [7, 11) is 1.50. The van der Waals surface area contributed by atoms with E-state index in [-0.39, 0.29) is 92.1 Å². The molecule has 508 valence electrons. The van der Waals surface area contributed by atoms with Gasteiger partial charge in [-0.25, -0.2) is 14.0 Å². The molecule has 2 fully saturated rings. The molecule has 0 saturated carbocycles. The molecule has 2 saturated heterocycles. The van der Waals surface area contributed by atoms with Crippen LogP contribution in [-0.4, -0.2) is 179 Å². The van der Waals surface area contributed by atoms with Crippen LogP contribution in [0.4, 0.5) is 25.4 Å². The Kier molecular flexibility index (Phi) is 21.7. The molecular formula is C74H99FN8O11. The fraction of sp³-hybridized carbons (Fsp3) is 0.568. The number of rotatable bonds is 18. The van der Waals surface area contributed by atoms with Gasteiger partial charge in [0, 0.05) is 101 Å². The number of aryl methyl sites for hydroxylation is 1. The van der Waals surface area contributed by atoms with Gasteiger partial charge in [-0.3, -0.25) is 38.6 Å². The van der Waals surface area contributed by atoms with Gasteiger partial charge >= 0.3 is 12.2 Å². The molecule has 4 heterocycles. The Balaban J connectivity index is 0.933. The predicted molar refractivity (Wildman–Crippen MR) is 359 cm³/mol. The minimum Gasteiger partial charge on any atom is -0.444 e. The highest BCUT2D eigenvalue weighted by Crippen LogP contribution is 2.43. The maximum absolute atomic E-state index is 15.4. The van der Waals surface area contributed by atoms with Crippen LogP contribution in [0.15, 0.2) is 84.9 Å². The number of ketones is 2. The Labute approximate surface area is 554 Å². The van der Waals surface area contributed by atoms with Gasteiger partial charge in [0.2, 0.25) is 23.6 Å². The second-order valence-electron chi connectivity index (χ2n) is 30.2. The molecule has 19 nitrogen and oxygen atoms in total. The van der Waals surface area contributed by atoms with Crippen LogP contribution >= 0.6 is 0 Å². The highest BCUT2D eigenvalue weighted by atomic mass is 19.1. The van der Waals surface area contributed by atoms with E-state index < -0.39 is 70.6 Å². The zero-order valence-electron chi connectivity index (χ0n) is 57.7. The van der Waals surface area contributed by atoms with Crippen molar-refractivity contribution >= 4 is 58.8 Å². The number of nitrogens with one attached hydrogen (secondary N) is 2. The maximum Gasteiger partial charge on any atom is 0.410 e. The maximum atomic E-state index is 15.4. The summed E-state index contributed by atoms with van der Waals surface area (Å²) in [5.74, 6) is -3.27. The Morgan fingerprint density at radius 3 is 2.19 bits per heavy atom.